The molecule has 0 saturated carbocycles. The SMILES string of the molecule is O=C(CCOCCNC(=O)CCN1C(=O)C=CC1=O)NCCOCCC(=O)ON1C(=O)C=CC1=O. The summed E-state index contributed by atoms with van der Waals surface area (Å²) in [6, 6.07) is 0. The highest BCUT2D eigenvalue weighted by atomic mass is 16.7. The number of hydrogen-bond acceptors (Lipinski definition) is 10. The third-order valence-electron chi connectivity index (χ3n) is 4.49. The van der Waals surface area contributed by atoms with Crippen LogP contribution in [0.25, 0.3) is 0 Å². The summed E-state index contributed by atoms with van der Waals surface area (Å²) >= 11 is 0. The third-order valence-corrected chi connectivity index (χ3v) is 4.49. The lowest BCUT2D eigenvalue weighted by molar-refractivity contribution is -0.196. The van der Waals surface area contributed by atoms with E-state index in [2.05, 4.69) is 15.5 Å². The van der Waals surface area contributed by atoms with E-state index < -0.39 is 29.6 Å². The molecule has 2 aliphatic heterocycles. The number of nitrogens with zero attached hydrogens (tertiary/aromatic N) is 2. The summed E-state index contributed by atoms with van der Waals surface area (Å²) in [5.74, 6) is -3.76. The van der Waals surface area contributed by atoms with Crippen LogP contribution in [0.1, 0.15) is 19.3 Å². The summed E-state index contributed by atoms with van der Waals surface area (Å²) in [4.78, 5) is 85.9. The lowest BCUT2D eigenvalue weighted by Crippen LogP contribution is -2.35. The lowest BCUT2D eigenvalue weighted by atomic mass is 10.3. The van der Waals surface area contributed by atoms with Gasteiger partial charge in [-0.2, -0.15) is 0 Å². The molecular weight excluding hydrogens is 468 g/mol. The van der Waals surface area contributed by atoms with Crippen molar-refractivity contribution in [2.45, 2.75) is 19.3 Å². The Kier molecular flexibility index (Phi) is 11.2. The number of hydrogen-bond donors (Lipinski definition) is 2. The van der Waals surface area contributed by atoms with Crippen LogP contribution >= 0.6 is 0 Å². The van der Waals surface area contributed by atoms with Gasteiger partial charge >= 0.3 is 5.97 Å². The molecule has 0 aliphatic carbocycles. The highest BCUT2D eigenvalue weighted by molar-refractivity contribution is 6.13. The van der Waals surface area contributed by atoms with Gasteiger partial charge in [-0.15, -0.1) is 0 Å². The van der Waals surface area contributed by atoms with Crippen molar-refractivity contribution in [1.29, 1.82) is 0 Å². The van der Waals surface area contributed by atoms with Gasteiger partial charge in [0.15, 0.2) is 0 Å². The zero-order chi connectivity index (χ0) is 25.6. The molecule has 0 aromatic carbocycles. The molecule has 0 fully saturated rings. The predicted octanol–water partition coefficient (Wildman–Crippen LogP) is -2.27. The van der Waals surface area contributed by atoms with Crippen LogP contribution in [0.4, 0.5) is 0 Å². The quantitative estimate of drug-likeness (QED) is 0.176. The Morgan fingerprint density at radius 1 is 0.657 bits per heavy atom. The number of rotatable bonds is 16. The number of nitrogens with one attached hydrogen (secondary N) is 2. The molecule has 2 rings (SSSR count). The standard InChI is InChI=1S/C21H26N4O10/c26-15(5-10-24-17(28)1-2-18(24)29)22-8-13-33-11-6-16(27)23-9-14-34-12-7-21(32)35-25-19(30)3-4-20(25)31/h1-4H,5-14H2,(H,22,26)(H,23,27). The molecule has 2 heterocycles. The average Bonchev–Trinajstić information content (AvgIpc) is 3.31. The largest absolute Gasteiger partial charge is 0.379 e. The van der Waals surface area contributed by atoms with E-state index >= 15 is 0 Å². The van der Waals surface area contributed by atoms with Gasteiger partial charge in [-0.25, -0.2) is 4.79 Å². The Hall–Kier alpha value is -3.91. The molecule has 35 heavy (non-hydrogen) atoms. The van der Waals surface area contributed by atoms with E-state index in [-0.39, 0.29) is 77.1 Å². The minimum Gasteiger partial charge on any atom is -0.379 e. The molecule has 0 aromatic heterocycles. The molecule has 0 saturated heterocycles. The average molecular weight is 494 g/mol. The fourth-order valence-electron chi connectivity index (χ4n) is 2.72. The van der Waals surface area contributed by atoms with Crippen LogP contribution in [0.2, 0.25) is 0 Å². The summed E-state index contributed by atoms with van der Waals surface area (Å²) in [5.41, 5.74) is 0. The molecule has 14 nitrogen and oxygen atoms in total. The molecule has 2 aliphatic rings. The molecule has 6 amide bonds. The molecule has 0 spiro atoms. The number of imide groups is 2. The van der Waals surface area contributed by atoms with Gasteiger partial charge in [-0.1, -0.05) is 5.06 Å². The first-order valence-corrected chi connectivity index (χ1v) is 10.8. The minimum absolute atomic E-state index is 0.00363. The van der Waals surface area contributed by atoms with Gasteiger partial charge in [0.25, 0.3) is 23.6 Å². The molecule has 190 valence electrons. The van der Waals surface area contributed by atoms with Gasteiger partial charge < -0.3 is 24.9 Å². The molecule has 0 bridgehead atoms. The van der Waals surface area contributed by atoms with Crippen molar-refractivity contribution in [2.24, 2.45) is 0 Å². The molecular formula is C21H26N4O10. The fraction of sp³-hybridized carbons (Fsp3) is 0.476. The summed E-state index contributed by atoms with van der Waals surface area (Å²) in [5, 5.41) is 5.55. The molecule has 0 radical (unpaired) electrons. The van der Waals surface area contributed by atoms with Gasteiger partial charge in [0, 0.05) is 56.8 Å². The first kappa shape index (κ1) is 27.3. The Morgan fingerprint density at radius 3 is 1.71 bits per heavy atom. The summed E-state index contributed by atoms with van der Waals surface area (Å²) in [6.07, 6.45) is 4.19. The van der Waals surface area contributed by atoms with Crippen molar-refractivity contribution in [1.82, 2.24) is 20.6 Å². The van der Waals surface area contributed by atoms with Crippen LogP contribution in [0, 0.1) is 0 Å². The topological polar surface area (TPSA) is 178 Å². The van der Waals surface area contributed by atoms with Crippen molar-refractivity contribution < 1.29 is 47.9 Å². The van der Waals surface area contributed by atoms with Gasteiger partial charge in [0.1, 0.15) is 0 Å². The molecule has 0 aromatic rings. The van der Waals surface area contributed by atoms with Gasteiger partial charge in [-0.3, -0.25) is 33.7 Å². The summed E-state index contributed by atoms with van der Waals surface area (Å²) in [7, 11) is 0. The number of hydroxylamine groups is 2. The normalized spacial score (nSPS) is 14.7. The molecule has 2 N–H and O–H groups in total. The first-order chi connectivity index (χ1) is 16.8. The van der Waals surface area contributed by atoms with E-state index in [1.54, 1.807) is 0 Å². The second kappa shape index (κ2) is 14.4. The van der Waals surface area contributed by atoms with Crippen LogP contribution < -0.4 is 10.6 Å². The van der Waals surface area contributed by atoms with Gasteiger partial charge in [-0.05, 0) is 0 Å². The Balaban J connectivity index is 1.37. The minimum atomic E-state index is -0.804. The van der Waals surface area contributed by atoms with E-state index in [1.165, 1.54) is 0 Å². The number of amides is 6. The van der Waals surface area contributed by atoms with Crippen molar-refractivity contribution >= 4 is 41.4 Å². The van der Waals surface area contributed by atoms with E-state index in [1.807, 2.05) is 0 Å². The van der Waals surface area contributed by atoms with E-state index in [9.17, 15) is 33.6 Å². The first-order valence-electron chi connectivity index (χ1n) is 10.8. The maximum Gasteiger partial charge on any atom is 0.335 e. The predicted molar refractivity (Wildman–Crippen MR) is 114 cm³/mol. The Morgan fingerprint density at radius 2 is 1.14 bits per heavy atom. The van der Waals surface area contributed by atoms with Gasteiger partial charge in [0.2, 0.25) is 11.8 Å². The van der Waals surface area contributed by atoms with E-state index in [0.717, 1.165) is 29.2 Å². The number of carbonyl (C=O) groups is 7. The van der Waals surface area contributed by atoms with Crippen LogP contribution in [0.3, 0.4) is 0 Å². The maximum atomic E-state index is 11.7. The zero-order valence-corrected chi connectivity index (χ0v) is 18.9. The smallest absolute Gasteiger partial charge is 0.335 e. The highest BCUT2D eigenvalue weighted by Gasteiger charge is 2.27. The maximum absolute atomic E-state index is 11.7. The van der Waals surface area contributed by atoms with Crippen LogP contribution in [-0.4, -0.2) is 97.4 Å². The van der Waals surface area contributed by atoms with Crippen LogP contribution in [0.15, 0.2) is 24.3 Å². The van der Waals surface area contributed by atoms with Crippen molar-refractivity contribution in [3.05, 3.63) is 24.3 Å². The lowest BCUT2D eigenvalue weighted by Gasteiger charge is -2.13. The zero-order valence-electron chi connectivity index (χ0n) is 18.9. The monoisotopic (exact) mass is 494 g/mol. The summed E-state index contributed by atoms with van der Waals surface area (Å²) < 4.78 is 10.4. The fourth-order valence-corrected chi connectivity index (χ4v) is 2.72. The second-order valence-corrected chi connectivity index (χ2v) is 7.10. The Labute approximate surface area is 200 Å². The molecule has 0 unspecified atom stereocenters. The van der Waals surface area contributed by atoms with Crippen molar-refractivity contribution in [2.75, 3.05) is 46.1 Å². The number of ether oxygens (including phenoxy) is 2. The summed E-state index contributed by atoms with van der Waals surface area (Å²) in [6.45, 7) is 0.867. The molecule has 0 atom stereocenters. The van der Waals surface area contributed by atoms with Crippen molar-refractivity contribution in [3.8, 4) is 0 Å². The van der Waals surface area contributed by atoms with E-state index in [0.29, 0.717) is 5.06 Å². The van der Waals surface area contributed by atoms with Gasteiger partial charge in [0.05, 0.1) is 32.8 Å². The third kappa shape index (κ3) is 9.85. The van der Waals surface area contributed by atoms with Crippen LogP contribution in [-0.2, 0) is 47.9 Å². The van der Waals surface area contributed by atoms with E-state index in [4.69, 9.17) is 9.47 Å². The van der Waals surface area contributed by atoms with Crippen LogP contribution in [0.5, 0.6) is 0 Å². The second-order valence-electron chi connectivity index (χ2n) is 7.10. The number of carbonyl (C=O) groups excluding carboxylic acids is 7. The van der Waals surface area contributed by atoms with Crippen molar-refractivity contribution in [3.63, 3.8) is 0 Å². The Bertz CT molecular complexity index is 878. The molecule has 14 heteroatoms. The highest BCUT2D eigenvalue weighted by Crippen LogP contribution is 2.05.